The highest BCUT2D eigenvalue weighted by molar-refractivity contribution is 5.33. The number of hydrogen-bond donors (Lipinski definition) is 1. The monoisotopic (exact) mass is 266 g/mol. The van der Waals surface area contributed by atoms with E-state index in [1.165, 1.54) is 0 Å². The molecule has 0 fully saturated rings. The van der Waals surface area contributed by atoms with E-state index in [-0.39, 0.29) is 16.7 Å². The molecule has 0 radical (unpaired) electrons. The fourth-order valence-electron chi connectivity index (χ4n) is 1.87. The van der Waals surface area contributed by atoms with Crippen LogP contribution in [-0.4, -0.2) is 25.2 Å². The minimum absolute atomic E-state index is 0.135. The Morgan fingerprint density at radius 3 is 2.53 bits per heavy atom. The van der Waals surface area contributed by atoms with Gasteiger partial charge in [0.05, 0.1) is 4.92 Å². The molecule has 0 amide bonds. The number of nitro benzene ring substituents is 1. The molecule has 1 N–H and O–H groups in total. The van der Waals surface area contributed by atoms with E-state index in [0.717, 1.165) is 38.0 Å². The first kappa shape index (κ1) is 15.6. The third-order valence-electron chi connectivity index (χ3n) is 3.08. The summed E-state index contributed by atoms with van der Waals surface area (Å²) in [7, 11) is 1.72. The number of methoxy groups -OCH3 is 1. The summed E-state index contributed by atoms with van der Waals surface area (Å²) in [6, 6.07) is 6.92. The zero-order valence-corrected chi connectivity index (χ0v) is 11.6. The van der Waals surface area contributed by atoms with Crippen molar-refractivity contribution in [1.29, 1.82) is 0 Å². The SMILES string of the molecule is COCCCCCNC(C)c1ccc([N+](=O)[O-])cc1. The summed E-state index contributed by atoms with van der Waals surface area (Å²) in [5.74, 6) is 0. The minimum atomic E-state index is -0.377. The van der Waals surface area contributed by atoms with Gasteiger partial charge in [0.2, 0.25) is 0 Å². The lowest BCUT2D eigenvalue weighted by Crippen LogP contribution is -2.19. The highest BCUT2D eigenvalue weighted by atomic mass is 16.6. The van der Waals surface area contributed by atoms with Gasteiger partial charge in [0.1, 0.15) is 0 Å². The number of benzene rings is 1. The Kier molecular flexibility index (Phi) is 7.07. The van der Waals surface area contributed by atoms with Crippen LogP contribution >= 0.6 is 0 Å². The Bertz CT molecular complexity index is 379. The van der Waals surface area contributed by atoms with E-state index in [2.05, 4.69) is 12.2 Å². The normalized spacial score (nSPS) is 12.3. The molecule has 1 rings (SSSR count). The summed E-state index contributed by atoms with van der Waals surface area (Å²) in [6.07, 6.45) is 3.35. The second-order valence-corrected chi connectivity index (χ2v) is 4.58. The van der Waals surface area contributed by atoms with E-state index in [9.17, 15) is 10.1 Å². The van der Waals surface area contributed by atoms with Crippen LogP contribution in [0.1, 0.15) is 37.8 Å². The minimum Gasteiger partial charge on any atom is -0.385 e. The second kappa shape index (κ2) is 8.61. The Balaban J connectivity index is 2.29. The Morgan fingerprint density at radius 2 is 1.95 bits per heavy atom. The van der Waals surface area contributed by atoms with Crippen LogP contribution in [0.2, 0.25) is 0 Å². The first-order chi connectivity index (χ1) is 9.15. The number of hydrogen-bond acceptors (Lipinski definition) is 4. The predicted molar refractivity (Wildman–Crippen MR) is 75.2 cm³/mol. The van der Waals surface area contributed by atoms with E-state index in [4.69, 9.17) is 4.74 Å². The van der Waals surface area contributed by atoms with E-state index in [1.807, 2.05) is 0 Å². The maximum Gasteiger partial charge on any atom is 0.269 e. The molecule has 0 aromatic heterocycles. The molecular weight excluding hydrogens is 244 g/mol. The predicted octanol–water partition coefficient (Wildman–Crippen LogP) is 3.06. The molecular formula is C14H22N2O3. The molecule has 0 heterocycles. The summed E-state index contributed by atoms with van der Waals surface area (Å²) in [5.41, 5.74) is 1.21. The average Bonchev–Trinajstić information content (AvgIpc) is 2.42. The molecule has 0 spiro atoms. The average molecular weight is 266 g/mol. The number of nitrogens with one attached hydrogen (secondary N) is 1. The van der Waals surface area contributed by atoms with Gasteiger partial charge < -0.3 is 10.1 Å². The van der Waals surface area contributed by atoms with Crippen molar-refractivity contribution in [2.45, 2.75) is 32.2 Å². The number of rotatable bonds is 9. The molecule has 1 atom stereocenters. The molecule has 106 valence electrons. The number of nitro groups is 1. The van der Waals surface area contributed by atoms with Gasteiger partial charge in [-0.2, -0.15) is 0 Å². The van der Waals surface area contributed by atoms with Crippen LogP contribution in [0.25, 0.3) is 0 Å². The van der Waals surface area contributed by atoms with Crippen molar-refractivity contribution < 1.29 is 9.66 Å². The quantitative estimate of drug-likeness (QED) is 0.424. The van der Waals surface area contributed by atoms with Gasteiger partial charge in [0.15, 0.2) is 0 Å². The van der Waals surface area contributed by atoms with E-state index in [1.54, 1.807) is 31.4 Å². The molecule has 5 heteroatoms. The highest BCUT2D eigenvalue weighted by Gasteiger charge is 2.08. The topological polar surface area (TPSA) is 64.4 Å². The lowest BCUT2D eigenvalue weighted by molar-refractivity contribution is -0.384. The van der Waals surface area contributed by atoms with Crippen LogP contribution in [0.5, 0.6) is 0 Å². The van der Waals surface area contributed by atoms with Gasteiger partial charge in [-0.3, -0.25) is 10.1 Å². The zero-order chi connectivity index (χ0) is 14.1. The number of non-ortho nitro benzene ring substituents is 1. The fraction of sp³-hybridized carbons (Fsp3) is 0.571. The lowest BCUT2D eigenvalue weighted by atomic mass is 10.1. The van der Waals surface area contributed by atoms with E-state index >= 15 is 0 Å². The molecule has 1 unspecified atom stereocenters. The molecule has 5 nitrogen and oxygen atoms in total. The van der Waals surface area contributed by atoms with Gasteiger partial charge in [0.25, 0.3) is 5.69 Å². The maximum absolute atomic E-state index is 10.6. The standard InChI is InChI=1S/C14H22N2O3/c1-12(15-10-4-3-5-11-19-2)13-6-8-14(9-7-13)16(17)18/h6-9,12,15H,3-5,10-11H2,1-2H3. The van der Waals surface area contributed by atoms with Crippen LogP contribution in [0.15, 0.2) is 24.3 Å². The van der Waals surface area contributed by atoms with Crippen molar-refractivity contribution in [3.8, 4) is 0 Å². The molecule has 19 heavy (non-hydrogen) atoms. The van der Waals surface area contributed by atoms with Gasteiger partial charge >= 0.3 is 0 Å². The molecule has 0 aliphatic rings. The van der Waals surface area contributed by atoms with Crippen LogP contribution < -0.4 is 5.32 Å². The van der Waals surface area contributed by atoms with Crippen molar-refractivity contribution in [1.82, 2.24) is 5.32 Å². The molecule has 1 aromatic rings. The number of unbranched alkanes of at least 4 members (excludes halogenated alkanes) is 2. The first-order valence-corrected chi connectivity index (χ1v) is 6.62. The Hall–Kier alpha value is -1.46. The van der Waals surface area contributed by atoms with Gasteiger partial charge in [-0.25, -0.2) is 0 Å². The van der Waals surface area contributed by atoms with Crippen LogP contribution in [0.3, 0.4) is 0 Å². The lowest BCUT2D eigenvalue weighted by Gasteiger charge is -2.13. The summed E-state index contributed by atoms with van der Waals surface area (Å²) in [5, 5.41) is 14.0. The number of nitrogens with zero attached hydrogens (tertiary/aromatic N) is 1. The third-order valence-corrected chi connectivity index (χ3v) is 3.08. The fourth-order valence-corrected chi connectivity index (χ4v) is 1.87. The largest absolute Gasteiger partial charge is 0.385 e. The Morgan fingerprint density at radius 1 is 1.26 bits per heavy atom. The molecule has 0 aliphatic carbocycles. The van der Waals surface area contributed by atoms with Gasteiger partial charge in [-0.05, 0) is 38.3 Å². The van der Waals surface area contributed by atoms with Crippen molar-refractivity contribution in [2.75, 3.05) is 20.3 Å². The summed E-state index contributed by atoms with van der Waals surface area (Å²) in [6.45, 7) is 3.83. The van der Waals surface area contributed by atoms with Crippen molar-refractivity contribution in [3.63, 3.8) is 0 Å². The van der Waals surface area contributed by atoms with E-state index < -0.39 is 0 Å². The summed E-state index contributed by atoms with van der Waals surface area (Å²) in [4.78, 5) is 10.2. The van der Waals surface area contributed by atoms with Crippen molar-refractivity contribution >= 4 is 5.69 Å². The second-order valence-electron chi connectivity index (χ2n) is 4.58. The zero-order valence-electron chi connectivity index (χ0n) is 11.6. The van der Waals surface area contributed by atoms with Gasteiger partial charge in [-0.1, -0.05) is 12.1 Å². The summed E-state index contributed by atoms with van der Waals surface area (Å²) >= 11 is 0. The van der Waals surface area contributed by atoms with Crippen molar-refractivity contribution in [2.24, 2.45) is 0 Å². The molecule has 0 saturated heterocycles. The smallest absolute Gasteiger partial charge is 0.269 e. The van der Waals surface area contributed by atoms with Gasteiger partial charge in [0, 0.05) is 31.9 Å². The van der Waals surface area contributed by atoms with E-state index in [0.29, 0.717) is 0 Å². The van der Waals surface area contributed by atoms with Crippen LogP contribution in [-0.2, 0) is 4.74 Å². The highest BCUT2D eigenvalue weighted by Crippen LogP contribution is 2.17. The molecule has 1 aromatic carbocycles. The molecule has 0 aliphatic heterocycles. The number of ether oxygens (including phenoxy) is 1. The van der Waals surface area contributed by atoms with Crippen LogP contribution in [0, 0.1) is 10.1 Å². The maximum atomic E-state index is 10.6. The van der Waals surface area contributed by atoms with Crippen LogP contribution in [0.4, 0.5) is 5.69 Å². The molecule has 0 saturated carbocycles. The summed E-state index contributed by atoms with van der Waals surface area (Å²) < 4.78 is 4.99. The Labute approximate surface area is 114 Å². The third kappa shape index (κ3) is 5.81. The first-order valence-electron chi connectivity index (χ1n) is 6.62. The van der Waals surface area contributed by atoms with Gasteiger partial charge in [-0.15, -0.1) is 0 Å². The van der Waals surface area contributed by atoms with Crippen molar-refractivity contribution in [3.05, 3.63) is 39.9 Å². The molecule has 0 bridgehead atoms.